The zero-order chi connectivity index (χ0) is 13.4. The van der Waals surface area contributed by atoms with Crippen molar-refractivity contribution in [3.63, 3.8) is 0 Å². The van der Waals surface area contributed by atoms with E-state index in [-0.39, 0.29) is 0 Å². The highest BCUT2D eigenvalue weighted by Gasteiger charge is 2.19. The molecule has 2 aromatic rings. The molecule has 0 aliphatic heterocycles. The van der Waals surface area contributed by atoms with Crippen molar-refractivity contribution in [2.75, 3.05) is 12.4 Å². The second-order valence-electron chi connectivity index (χ2n) is 4.55. The maximum atomic E-state index is 5.97. The van der Waals surface area contributed by atoms with Crippen LogP contribution in [0.25, 0.3) is 11.4 Å². The van der Waals surface area contributed by atoms with Crippen LogP contribution in [-0.4, -0.2) is 17.0 Å². The van der Waals surface area contributed by atoms with Crippen LogP contribution in [0.15, 0.2) is 22.7 Å². The van der Waals surface area contributed by atoms with Crippen LogP contribution in [0.1, 0.15) is 17.7 Å². The summed E-state index contributed by atoms with van der Waals surface area (Å²) in [6.45, 7) is 0. The molecule has 1 N–H and O–H groups in total. The molecule has 3 nitrogen and oxygen atoms in total. The quantitative estimate of drug-likeness (QED) is 0.896. The molecule has 0 atom stereocenters. The van der Waals surface area contributed by atoms with E-state index in [1.807, 2.05) is 25.2 Å². The van der Waals surface area contributed by atoms with Crippen molar-refractivity contribution >= 4 is 33.3 Å². The normalized spacial score (nSPS) is 13.4. The Kier molecular flexibility index (Phi) is 3.46. The lowest BCUT2D eigenvalue weighted by Gasteiger charge is -2.10. The van der Waals surface area contributed by atoms with Crippen LogP contribution < -0.4 is 5.32 Å². The maximum absolute atomic E-state index is 5.97. The molecule has 98 valence electrons. The van der Waals surface area contributed by atoms with Crippen molar-refractivity contribution in [2.24, 2.45) is 0 Å². The van der Waals surface area contributed by atoms with Crippen LogP contribution in [0.2, 0.25) is 5.02 Å². The van der Waals surface area contributed by atoms with Crippen molar-refractivity contribution < 1.29 is 0 Å². The van der Waals surface area contributed by atoms with Gasteiger partial charge in [-0.1, -0.05) is 11.6 Å². The molecule has 0 fully saturated rings. The predicted octanol–water partition coefficient (Wildman–Crippen LogP) is 4.09. The monoisotopic (exact) mass is 337 g/mol. The van der Waals surface area contributed by atoms with Crippen LogP contribution in [0.3, 0.4) is 0 Å². The summed E-state index contributed by atoms with van der Waals surface area (Å²) in [5.41, 5.74) is 3.39. The van der Waals surface area contributed by atoms with Crippen molar-refractivity contribution in [1.29, 1.82) is 0 Å². The average molecular weight is 339 g/mol. The van der Waals surface area contributed by atoms with E-state index in [4.69, 9.17) is 16.6 Å². The second kappa shape index (κ2) is 5.10. The first-order chi connectivity index (χ1) is 9.19. The van der Waals surface area contributed by atoms with Gasteiger partial charge >= 0.3 is 0 Å². The molecule has 0 unspecified atom stereocenters. The number of fused-ring (bicyclic) bond motifs is 1. The molecule has 1 aliphatic carbocycles. The van der Waals surface area contributed by atoms with Gasteiger partial charge in [0.1, 0.15) is 5.82 Å². The minimum absolute atomic E-state index is 0.700. The summed E-state index contributed by atoms with van der Waals surface area (Å²) >= 11 is 9.50. The van der Waals surface area contributed by atoms with Gasteiger partial charge in [-0.2, -0.15) is 0 Å². The number of aromatic nitrogens is 2. The third-order valence-electron chi connectivity index (χ3n) is 3.34. The largest absolute Gasteiger partial charge is 0.373 e. The van der Waals surface area contributed by atoms with Gasteiger partial charge in [-0.25, -0.2) is 9.97 Å². The number of anilines is 1. The Labute approximate surface area is 125 Å². The van der Waals surface area contributed by atoms with Crippen molar-refractivity contribution in [3.05, 3.63) is 39.0 Å². The molecule has 5 heteroatoms. The highest BCUT2D eigenvalue weighted by molar-refractivity contribution is 9.10. The summed E-state index contributed by atoms with van der Waals surface area (Å²) in [7, 11) is 1.90. The molecular weight excluding hydrogens is 326 g/mol. The van der Waals surface area contributed by atoms with Gasteiger partial charge < -0.3 is 5.32 Å². The van der Waals surface area contributed by atoms with Crippen molar-refractivity contribution in [2.45, 2.75) is 19.3 Å². The molecule has 1 aliphatic rings. The highest BCUT2D eigenvalue weighted by atomic mass is 79.9. The predicted molar refractivity (Wildman–Crippen MR) is 81.7 cm³/mol. The lowest BCUT2D eigenvalue weighted by atomic mass is 10.2. The summed E-state index contributed by atoms with van der Waals surface area (Å²) in [5.74, 6) is 1.69. The molecule has 1 aromatic carbocycles. The fraction of sp³-hybridized carbons (Fsp3) is 0.286. The smallest absolute Gasteiger partial charge is 0.162 e. The molecule has 0 spiro atoms. The minimum atomic E-state index is 0.700. The van der Waals surface area contributed by atoms with Crippen molar-refractivity contribution in [3.8, 4) is 11.4 Å². The third kappa shape index (κ3) is 2.35. The van der Waals surface area contributed by atoms with E-state index in [9.17, 15) is 0 Å². The van der Waals surface area contributed by atoms with Gasteiger partial charge in [-0.05, 0) is 53.4 Å². The van der Waals surface area contributed by atoms with E-state index in [0.717, 1.165) is 46.6 Å². The van der Waals surface area contributed by atoms with Crippen LogP contribution in [0.4, 0.5) is 5.82 Å². The molecule has 3 rings (SSSR count). The standard InChI is InChI=1S/C14H13BrClN3/c1-17-13-10-3-2-4-12(10)18-14(19-13)9-6-5-8(16)7-11(9)15/h5-7H,2-4H2,1H3,(H,17,18,19). The van der Waals surface area contributed by atoms with Crippen LogP contribution in [0.5, 0.6) is 0 Å². The maximum Gasteiger partial charge on any atom is 0.162 e. The average Bonchev–Trinajstić information content (AvgIpc) is 2.85. The van der Waals surface area contributed by atoms with Crippen LogP contribution >= 0.6 is 27.5 Å². The Balaban J connectivity index is 2.15. The van der Waals surface area contributed by atoms with Gasteiger partial charge in [-0.15, -0.1) is 0 Å². The number of hydrogen-bond acceptors (Lipinski definition) is 3. The number of nitrogens with zero attached hydrogens (tertiary/aromatic N) is 2. The SMILES string of the molecule is CNc1nc(-c2ccc(Cl)cc2Br)nc2c1CCC2. The molecule has 0 radical (unpaired) electrons. The lowest BCUT2D eigenvalue weighted by Crippen LogP contribution is -2.03. The van der Waals surface area contributed by atoms with Gasteiger partial charge in [0.05, 0.1) is 0 Å². The number of rotatable bonds is 2. The second-order valence-corrected chi connectivity index (χ2v) is 5.84. The van der Waals surface area contributed by atoms with Gasteiger partial charge in [0, 0.05) is 33.4 Å². The summed E-state index contributed by atoms with van der Waals surface area (Å²) in [6.07, 6.45) is 3.25. The Morgan fingerprint density at radius 3 is 2.84 bits per heavy atom. The summed E-state index contributed by atoms with van der Waals surface area (Å²) in [5, 5.41) is 3.88. The Morgan fingerprint density at radius 1 is 1.26 bits per heavy atom. The summed E-state index contributed by atoms with van der Waals surface area (Å²) < 4.78 is 0.917. The zero-order valence-corrected chi connectivity index (χ0v) is 12.8. The molecule has 0 bridgehead atoms. The Hall–Kier alpha value is -1.13. The number of hydrogen-bond donors (Lipinski definition) is 1. The molecule has 1 heterocycles. The third-order valence-corrected chi connectivity index (χ3v) is 4.23. The first-order valence-electron chi connectivity index (χ1n) is 6.22. The summed E-state index contributed by atoms with van der Waals surface area (Å²) in [6, 6.07) is 5.67. The van der Waals surface area contributed by atoms with E-state index in [1.54, 1.807) is 0 Å². The molecule has 0 saturated heterocycles. The number of halogens is 2. The van der Waals surface area contributed by atoms with E-state index >= 15 is 0 Å². The fourth-order valence-corrected chi connectivity index (χ4v) is 3.29. The molecule has 0 saturated carbocycles. The van der Waals surface area contributed by atoms with E-state index < -0.39 is 0 Å². The number of aryl methyl sites for hydroxylation is 1. The van der Waals surface area contributed by atoms with E-state index in [2.05, 4.69) is 26.2 Å². The Bertz CT molecular complexity index is 643. The molecular formula is C14H13BrClN3. The number of benzene rings is 1. The van der Waals surface area contributed by atoms with Gasteiger partial charge in [0.15, 0.2) is 5.82 Å². The zero-order valence-electron chi connectivity index (χ0n) is 10.5. The highest BCUT2D eigenvalue weighted by Crippen LogP contribution is 2.32. The van der Waals surface area contributed by atoms with Gasteiger partial charge in [0.2, 0.25) is 0 Å². The van der Waals surface area contributed by atoms with Gasteiger partial charge in [0.25, 0.3) is 0 Å². The molecule has 19 heavy (non-hydrogen) atoms. The van der Waals surface area contributed by atoms with E-state index in [0.29, 0.717) is 5.02 Å². The lowest BCUT2D eigenvalue weighted by molar-refractivity contribution is 0.900. The van der Waals surface area contributed by atoms with Gasteiger partial charge in [-0.3, -0.25) is 0 Å². The minimum Gasteiger partial charge on any atom is -0.373 e. The molecule has 0 amide bonds. The fourth-order valence-electron chi connectivity index (χ4n) is 2.43. The van der Waals surface area contributed by atoms with Crippen LogP contribution in [0, 0.1) is 0 Å². The topological polar surface area (TPSA) is 37.8 Å². The summed E-state index contributed by atoms with van der Waals surface area (Å²) in [4.78, 5) is 9.33. The first kappa shape index (κ1) is 12.9. The Morgan fingerprint density at radius 2 is 2.11 bits per heavy atom. The van der Waals surface area contributed by atoms with E-state index in [1.165, 1.54) is 5.56 Å². The first-order valence-corrected chi connectivity index (χ1v) is 7.39. The van der Waals surface area contributed by atoms with Crippen molar-refractivity contribution in [1.82, 2.24) is 9.97 Å². The van der Waals surface area contributed by atoms with Crippen LogP contribution in [-0.2, 0) is 12.8 Å². The molecule has 1 aromatic heterocycles. The number of nitrogens with one attached hydrogen (secondary N) is 1.